The van der Waals surface area contributed by atoms with Gasteiger partial charge in [-0.3, -0.25) is 9.59 Å². The first kappa shape index (κ1) is 18.1. The van der Waals surface area contributed by atoms with Gasteiger partial charge in [0, 0.05) is 12.1 Å². The molecule has 0 unspecified atom stereocenters. The molecule has 1 aromatic heterocycles. The van der Waals surface area contributed by atoms with E-state index in [1.807, 2.05) is 18.2 Å². The molecule has 1 amide bonds. The molecule has 26 heavy (non-hydrogen) atoms. The first-order valence-electron chi connectivity index (χ1n) is 9.13. The molecule has 5 heteroatoms. The van der Waals surface area contributed by atoms with E-state index in [9.17, 15) is 9.59 Å². The van der Waals surface area contributed by atoms with Crippen molar-refractivity contribution in [1.82, 2.24) is 10.3 Å². The SMILES string of the molecule is CCCCOc1ccc(C(=O)NC[C@@H]2Cc3ccc(C=O)cc3C2)nc1. The Morgan fingerprint density at radius 3 is 2.85 bits per heavy atom. The highest BCUT2D eigenvalue weighted by Gasteiger charge is 2.22. The maximum atomic E-state index is 12.3. The molecule has 0 spiro atoms. The molecule has 1 heterocycles. The van der Waals surface area contributed by atoms with Gasteiger partial charge in [0.1, 0.15) is 17.7 Å². The molecule has 0 saturated heterocycles. The summed E-state index contributed by atoms with van der Waals surface area (Å²) >= 11 is 0. The number of hydrogen-bond donors (Lipinski definition) is 1. The largest absolute Gasteiger partial charge is 0.492 e. The first-order chi connectivity index (χ1) is 12.7. The molecule has 0 saturated carbocycles. The zero-order valence-electron chi connectivity index (χ0n) is 15.0. The molecule has 2 aromatic rings. The number of unbranched alkanes of at least 4 members (excludes halogenated alkanes) is 1. The average molecular weight is 352 g/mol. The molecule has 3 rings (SSSR count). The highest BCUT2D eigenvalue weighted by Crippen LogP contribution is 2.27. The van der Waals surface area contributed by atoms with E-state index >= 15 is 0 Å². The first-order valence-corrected chi connectivity index (χ1v) is 9.13. The van der Waals surface area contributed by atoms with Crippen molar-refractivity contribution in [3.63, 3.8) is 0 Å². The highest BCUT2D eigenvalue weighted by molar-refractivity contribution is 5.92. The fourth-order valence-corrected chi connectivity index (χ4v) is 3.21. The van der Waals surface area contributed by atoms with E-state index in [2.05, 4.69) is 17.2 Å². The number of aromatic nitrogens is 1. The van der Waals surface area contributed by atoms with Gasteiger partial charge in [-0.15, -0.1) is 0 Å². The van der Waals surface area contributed by atoms with Crippen LogP contribution in [0.3, 0.4) is 0 Å². The molecule has 0 aliphatic heterocycles. The fraction of sp³-hybridized carbons (Fsp3) is 0.381. The van der Waals surface area contributed by atoms with Crippen LogP contribution in [0.5, 0.6) is 5.75 Å². The normalized spacial score (nSPS) is 15.3. The van der Waals surface area contributed by atoms with E-state index in [1.54, 1.807) is 18.3 Å². The predicted octanol–water partition coefficient (Wildman–Crippen LogP) is 3.22. The standard InChI is InChI=1S/C21H24N2O3/c1-2-3-8-26-19-6-7-20(22-13-19)21(25)23-12-16-10-17-5-4-15(14-24)9-18(17)11-16/h4-7,9,13-14,16H,2-3,8,10-12H2,1H3,(H,23,25)/t16-/m1/s1. The summed E-state index contributed by atoms with van der Waals surface area (Å²) in [6.07, 6.45) is 6.35. The number of aldehydes is 1. The van der Waals surface area contributed by atoms with Gasteiger partial charge >= 0.3 is 0 Å². The molecular formula is C21H24N2O3. The minimum Gasteiger partial charge on any atom is -0.492 e. The van der Waals surface area contributed by atoms with Crippen LogP contribution >= 0.6 is 0 Å². The minimum absolute atomic E-state index is 0.172. The lowest BCUT2D eigenvalue weighted by atomic mass is 10.1. The Bertz CT molecular complexity index is 771. The van der Waals surface area contributed by atoms with Crippen molar-refractivity contribution in [1.29, 1.82) is 0 Å². The Morgan fingerprint density at radius 2 is 2.12 bits per heavy atom. The Kier molecular flexibility index (Phi) is 6.00. The molecule has 136 valence electrons. The lowest BCUT2D eigenvalue weighted by molar-refractivity contribution is 0.0942. The number of rotatable bonds is 8. The Hall–Kier alpha value is -2.69. The fourth-order valence-electron chi connectivity index (χ4n) is 3.21. The van der Waals surface area contributed by atoms with Crippen LogP contribution in [0.4, 0.5) is 0 Å². The number of fused-ring (bicyclic) bond motifs is 1. The summed E-state index contributed by atoms with van der Waals surface area (Å²) in [6.45, 7) is 3.37. The lowest BCUT2D eigenvalue weighted by Gasteiger charge is -2.11. The molecule has 1 N–H and O–H groups in total. The average Bonchev–Trinajstić information content (AvgIpc) is 3.08. The summed E-state index contributed by atoms with van der Waals surface area (Å²) in [7, 11) is 0. The molecule has 1 aliphatic rings. The zero-order chi connectivity index (χ0) is 18.4. The third-order valence-electron chi connectivity index (χ3n) is 4.67. The summed E-state index contributed by atoms with van der Waals surface area (Å²) in [5.41, 5.74) is 3.58. The van der Waals surface area contributed by atoms with Crippen molar-refractivity contribution in [2.24, 2.45) is 5.92 Å². The quantitative estimate of drug-likeness (QED) is 0.585. The van der Waals surface area contributed by atoms with E-state index in [0.717, 1.165) is 32.0 Å². The smallest absolute Gasteiger partial charge is 0.269 e. The summed E-state index contributed by atoms with van der Waals surface area (Å²) in [4.78, 5) is 27.4. The van der Waals surface area contributed by atoms with Crippen LogP contribution in [0.25, 0.3) is 0 Å². The lowest BCUT2D eigenvalue weighted by Crippen LogP contribution is -2.30. The number of benzene rings is 1. The van der Waals surface area contributed by atoms with Crippen LogP contribution in [-0.2, 0) is 12.8 Å². The van der Waals surface area contributed by atoms with E-state index in [-0.39, 0.29) is 5.91 Å². The van der Waals surface area contributed by atoms with Crippen LogP contribution < -0.4 is 10.1 Å². The molecule has 5 nitrogen and oxygen atoms in total. The second-order valence-electron chi connectivity index (χ2n) is 6.71. The second-order valence-corrected chi connectivity index (χ2v) is 6.71. The van der Waals surface area contributed by atoms with Crippen molar-refractivity contribution in [2.75, 3.05) is 13.2 Å². The number of carbonyl (C=O) groups excluding carboxylic acids is 2. The van der Waals surface area contributed by atoms with Crippen LogP contribution in [0.2, 0.25) is 0 Å². The van der Waals surface area contributed by atoms with Crippen LogP contribution in [-0.4, -0.2) is 30.3 Å². The van der Waals surface area contributed by atoms with Crippen molar-refractivity contribution in [3.8, 4) is 5.75 Å². The Labute approximate surface area is 153 Å². The summed E-state index contributed by atoms with van der Waals surface area (Å²) in [6, 6.07) is 9.28. The third-order valence-corrected chi connectivity index (χ3v) is 4.67. The van der Waals surface area contributed by atoms with Crippen molar-refractivity contribution < 1.29 is 14.3 Å². The van der Waals surface area contributed by atoms with E-state index in [1.165, 1.54) is 11.1 Å². The van der Waals surface area contributed by atoms with Gasteiger partial charge in [-0.1, -0.05) is 25.5 Å². The molecule has 1 aromatic carbocycles. The summed E-state index contributed by atoms with van der Waals surface area (Å²) < 4.78 is 5.56. The number of ether oxygens (including phenoxy) is 1. The molecule has 0 bridgehead atoms. The number of carbonyl (C=O) groups is 2. The zero-order valence-corrected chi connectivity index (χ0v) is 15.0. The highest BCUT2D eigenvalue weighted by atomic mass is 16.5. The van der Waals surface area contributed by atoms with E-state index in [4.69, 9.17) is 4.74 Å². The number of amides is 1. The van der Waals surface area contributed by atoms with Crippen LogP contribution in [0, 0.1) is 5.92 Å². The van der Waals surface area contributed by atoms with Gasteiger partial charge in [-0.25, -0.2) is 4.98 Å². The van der Waals surface area contributed by atoms with Crippen LogP contribution in [0.15, 0.2) is 36.5 Å². The van der Waals surface area contributed by atoms with Crippen molar-refractivity contribution in [3.05, 3.63) is 58.9 Å². The third kappa shape index (κ3) is 4.48. The maximum absolute atomic E-state index is 12.3. The van der Waals surface area contributed by atoms with Gasteiger partial charge in [0.15, 0.2) is 0 Å². The predicted molar refractivity (Wildman–Crippen MR) is 99.7 cm³/mol. The molecule has 1 aliphatic carbocycles. The van der Waals surface area contributed by atoms with Crippen LogP contribution in [0.1, 0.15) is 51.7 Å². The molecular weight excluding hydrogens is 328 g/mol. The number of pyridine rings is 1. The molecule has 0 radical (unpaired) electrons. The topological polar surface area (TPSA) is 68.3 Å². The van der Waals surface area contributed by atoms with Gasteiger partial charge in [0.05, 0.1) is 12.8 Å². The molecule has 1 atom stereocenters. The maximum Gasteiger partial charge on any atom is 0.269 e. The van der Waals surface area contributed by atoms with Gasteiger partial charge < -0.3 is 10.1 Å². The van der Waals surface area contributed by atoms with Crippen molar-refractivity contribution >= 4 is 12.2 Å². The second kappa shape index (κ2) is 8.61. The minimum atomic E-state index is -0.172. The van der Waals surface area contributed by atoms with Gasteiger partial charge in [-0.2, -0.15) is 0 Å². The Balaban J connectivity index is 1.49. The Morgan fingerprint density at radius 1 is 1.27 bits per heavy atom. The molecule has 0 fully saturated rings. The van der Waals surface area contributed by atoms with Gasteiger partial charge in [-0.05, 0) is 54.5 Å². The number of hydrogen-bond acceptors (Lipinski definition) is 4. The number of nitrogens with one attached hydrogen (secondary N) is 1. The summed E-state index contributed by atoms with van der Waals surface area (Å²) in [5, 5.41) is 2.96. The van der Waals surface area contributed by atoms with Crippen molar-refractivity contribution in [2.45, 2.75) is 32.6 Å². The number of nitrogens with zero attached hydrogens (tertiary/aromatic N) is 1. The van der Waals surface area contributed by atoms with Gasteiger partial charge in [0.25, 0.3) is 5.91 Å². The van der Waals surface area contributed by atoms with E-state index < -0.39 is 0 Å². The summed E-state index contributed by atoms with van der Waals surface area (Å²) in [5.74, 6) is 0.870. The van der Waals surface area contributed by atoms with Gasteiger partial charge in [0.2, 0.25) is 0 Å². The monoisotopic (exact) mass is 352 g/mol. The van der Waals surface area contributed by atoms with E-state index in [0.29, 0.717) is 36.1 Å².